The zero-order valence-electron chi connectivity index (χ0n) is 8.82. The maximum absolute atomic E-state index is 10.6. The van der Waals surface area contributed by atoms with Crippen molar-refractivity contribution >= 4 is 72.9 Å². The van der Waals surface area contributed by atoms with E-state index in [0.717, 1.165) is 0 Å². The maximum atomic E-state index is 10.6. The Morgan fingerprint density at radius 3 is 2.12 bits per heavy atom. The van der Waals surface area contributed by atoms with Crippen LogP contribution in [0.5, 0.6) is 5.75 Å². The standard InChI is InChI=1S/C7H7O6P.2Na/c8-7(9)5-3-1-2-4-6(5)13-14(10,11)12;;/h1-4H,(H,8,9)(H2,10,11,12);;. The predicted octanol–water partition coefficient (Wildman–Crippen LogP) is 0.0947. The fraction of sp³-hybridized carbons (Fsp3) is 0. The minimum Gasteiger partial charge on any atom is -0.478 e. The topological polar surface area (TPSA) is 104 Å². The van der Waals surface area contributed by atoms with Crippen molar-refractivity contribution < 1.29 is 28.8 Å². The van der Waals surface area contributed by atoms with Gasteiger partial charge in [-0.3, -0.25) is 9.79 Å². The van der Waals surface area contributed by atoms with Crippen LogP contribution in [0.4, 0.5) is 0 Å². The molecule has 1 aromatic rings. The summed E-state index contributed by atoms with van der Waals surface area (Å²) in [6, 6.07) is 5.20. The number of hydrogen-bond donors (Lipinski definition) is 3. The number of para-hydroxylation sites is 1. The molecule has 0 atom stereocenters. The van der Waals surface area contributed by atoms with Crippen molar-refractivity contribution in [3.63, 3.8) is 0 Å². The third-order valence-corrected chi connectivity index (χ3v) is 1.77. The molecule has 0 bridgehead atoms. The van der Waals surface area contributed by atoms with Gasteiger partial charge < -0.3 is 9.63 Å². The minimum atomic E-state index is -4.72. The molecule has 2 radical (unpaired) electrons. The Hall–Kier alpha value is 0.640. The number of carboxylic acids is 1. The molecule has 78 valence electrons. The van der Waals surface area contributed by atoms with E-state index in [9.17, 15) is 9.36 Å². The van der Waals surface area contributed by atoms with Crippen molar-refractivity contribution in [1.29, 1.82) is 0 Å². The van der Waals surface area contributed by atoms with Gasteiger partial charge in [0.2, 0.25) is 0 Å². The Bertz CT molecular complexity index is 404. The number of carbonyl (C=O) groups is 1. The molecule has 0 aliphatic rings. The van der Waals surface area contributed by atoms with Crippen molar-refractivity contribution in [2.24, 2.45) is 0 Å². The van der Waals surface area contributed by atoms with Gasteiger partial charge in [0, 0.05) is 59.1 Å². The first-order chi connectivity index (χ1) is 6.40. The molecule has 0 saturated heterocycles. The number of aromatic carboxylic acids is 1. The Labute approximate surface area is 136 Å². The van der Waals surface area contributed by atoms with Gasteiger partial charge in [-0.25, -0.2) is 9.36 Å². The average molecular weight is 264 g/mol. The zero-order valence-corrected chi connectivity index (χ0v) is 13.7. The number of carboxylic acid groups (broad SMARTS) is 1. The second-order valence-corrected chi connectivity index (χ2v) is 3.55. The average Bonchev–Trinajstić information content (AvgIpc) is 2.01. The van der Waals surface area contributed by atoms with Crippen molar-refractivity contribution in [3.8, 4) is 5.75 Å². The summed E-state index contributed by atoms with van der Waals surface area (Å²) in [5.41, 5.74) is -0.296. The van der Waals surface area contributed by atoms with Gasteiger partial charge in [-0.2, -0.15) is 0 Å². The van der Waals surface area contributed by atoms with Crippen LogP contribution in [0, 0.1) is 0 Å². The quantitative estimate of drug-likeness (QED) is 0.528. The molecule has 1 rings (SSSR count). The van der Waals surface area contributed by atoms with Crippen LogP contribution >= 0.6 is 7.82 Å². The van der Waals surface area contributed by atoms with Crippen molar-refractivity contribution in [1.82, 2.24) is 0 Å². The second-order valence-electron chi connectivity index (χ2n) is 2.38. The first-order valence-electron chi connectivity index (χ1n) is 3.47. The smallest absolute Gasteiger partial charge is 0.478 e. The number of phosphoric acid groups is 1. The monoisotopic (exact) mass is 264 g/mol. The molecule has 0 aromatic heterocycles. The number of rotatable bonds is 3. The fourth-order valence-electron chi connectivity index (χ4n) is 0.851. The normalized spacial score (nSPS) is 9.62. The Kier molecular flexibility index (Phi) is 9.34. The molecule has 1 aromatic carbocycles. The Balaban J connectivity index is 0. The molecule has 0 amide bonds. The van der Waals surface area contributed by atoms with Crippen LogP contribution in [0.3, 0.4) is 0 Å². The van der Waals surface area contributed by atoms with Gasteiger partial charge in [0.1, 0.15) is 11.3 Å². The van der Waals surface area contributed by atoms with Gasteiger partial charge in [-0.1, -0.05) is 12.1 Å². The Morgan fingerprint density at radius 2 is 1.69 bits per heavy atom. The number of phosphoric ester groups is 1. The molecule has 0 fully saturated rings. The van der Waals surface area contributed by atoms with E-state index >= 15 is 0 Å². The summed E-state index contributed by atoms with van der Waals surface area (Å²) in [5.74, 6) is -1.66. The van der Waals surface area contributed by atoms with Crippen LogP contribution < -0.4 is 4.52 Å². The summed E-state index contributed by atoms with van der Waals surface area (Å²) in [6.07, 6.45) is 0. The van der Waals surface area contributed by atoms with Crippen LogP contribution in [0.15, 0.2) is 24.3 Å². The molecule has 0 saturated carbocycles. The van der Waals surface area contributed by atoms with E-state index < -0.39 is 13.8 Å². The number of hydrogen-bond acceptors (Lipinski definition) is 3. The summed E-state index contributed by atoms with van der Waals surface area (Å²) >= 11 is 0. The number of benzene rings is 1. The summed E-state index contributed by atoms with van der Waals surface area (Å²) in [7, 11) is -4.72. The van der Waals surface area contributed by atoms with Crippen LogP contribution in [-0.2, 0) is 4.57 Å². The first-order valence-corrected chi connectivity index (χ1v) is 5.00. The summed E-state index contributed by atoms with van der Waals surface area (Å²) < 4.78 is 14.6. The minimum absolute atomic E-state index is 0. The van der Waals surface area contributed by atoms with Crippen LogP contribution in [0.25, 0.3) is 0 Å². The zero-order chi connectivity index (χ0) is 10.8. The maximum Gasteiger partial charge on any atom is 0.524 e. The van der Waals surface area contributed by atoms with Crippen molar-refractivity contribution in [2.75, 3.05) is 0 Å². The van der Waals surface area contributed by atoms with Crippen LogP contribution in [0.2, 0.25) is 0 Å². The molecule has 0 aliphatic heterocycles. The van der Waals surface area contributed by atoms with E-state index in [0.29, 0.717) is 0 Å². The van der Waals surface area contributed by atoms with Gasteiger partial charge in [0.15, 0.2) is 0 Å². The van der Waals surface area contributed by atoms with Crippen molar-refractivity contribution in [2.45, 2.75) is 0 Å². The third kappa shape index (κ3) is 6.39. The van der Waals surface area contributed by atoms with Gasteiger partial charge >= 0.3 is 13.8 Å². The largest absolute Gasteiger partial charge is 0.524 e. The molecule has 6 nitrogen and oxygen atoms in total. The van der Waals surface area contributed by atoms with E-state index in [2.05, 4.69) is 4.52 Å². The van der Waals surface area contributed by atoms with Crippen LogP contribution in [0.1, 0.15) is 10.4 Å². The predicted molar refractivity (Wildman–Crippen MR) is 57.6 cm³/mol. The van der Waals surface area contributed by atoms with E-state index in [1.807, 2.05) is 0 Å². The SMILES string of the molecule is O=C(O)c1ccccc1OP(=O)(O)O.[Na].[Na]. The Morgan fingerprint density at radius 1 is 1.19 bits per heavy atom. The second kappa shape index (κ2) is 7.87. The molecule has 0 spiro atoms. The third-order valence-electron chi connectivity index (χ3n) is 1.33. The van der Waals surface area contributed by atoms with Gasteiger partial charge in [-0.05, 0) is 12.1 Å². The molecule has 0 heterocycles. The van der Waals surface area contributed by atoms with Gasteiger partial charge in [0.05, 0.1) is 0 Å². The van der Waals surface area contributed by atoms with E-state index in [4.69, 9.17) is 14.9 Å². The fourth-order valence-corrected chi connectivity index (χ4v) is 1.27. The van der Waals surface area contributed by atoms with Gasteiger partial charge in [0.25, 0.3) is 0 Å². The molecule has 0 unspecified atom stereocenters. The van der Waals surface area contributed by atoms with Crippen molar-refractivity contribution in [3.05, 3.63) is 29.8 Å². The van der Waals surface area contributed by atoms with E-state index in [1.54, 1.807) is 0 Å². The van der Waals surface area contributed by atoms with Gasteiger partial charge in [-0.15, -0.1) is 0 Å². The summed E-state index contributed by atoms with van der Waals surface area (Å²) in [4.78, 5) is 27.5. The molecular formula is C7H7Na2O6P. The van der Waals surface area contributed by atoms with E-state index in [1.165, 1.54) is 24.3 Å². The molecule has 9 heteroatoms. The first kappa shape index (κ1) is 19.0. The molecular weight excluding hydrogens is 257 g/mol. The van der Waals surface area contributed by atoms with E-state index in [-0.39, 0.29) is 70.4 Å². The van der Waals surface area contributed by atoms with Crippen LogP contribution in [-0.4, -0.2) is 80.0 Å². The molecule has 16 heavy (non-hydrogen) atoms. The molecule has 3 N–H and O–H groups in total. The molecule has 0 aliphatic carbocycles. The summed E-state index contributed by atoms with van der Waals surface area (Å²) in [5, 5.41) is 8.63. The summed E-state index contributed by atoms with van der Waals surface area (Å²) in [6.45, 7) is 0.